The van der Waals surface area contributed by atoms with Gasteiger partial charge in [0.15, 0.2) is 0 Å². The van der Waals surface area contributed by atoms with Crippen molar-refractivity contribution < 1.29 is 13.5 Å². The fraction of sp³-hybridized carbons (Fsp3) is 0.643. The van der Waals surface area contributed by atoms with E-state index in [1.54, 1.807) is 19.4 Å². The van der Waals surface area contributed by atoms with Gasteiger partial charge in [-0.1, -0.05) is 12.8 Å². The van der Waals surface area contributed by atoms with Crippen LogP contribution in [0.15, 0.2) is 24.5 Å². The minimum atomic E-state index is -3.34. The molecule has 0 amide bonds. The van der Waals surface area contributed by atoms with E-state index < -0.39 is 16.1 Å². The van der Waals surface area contributed by atoms with E-state index in [4.69, 9.17) is 0 Å². The van der Waals surface area contributed by atoms with Gasteiger partial charge >= 0.3 is 0 Å². The lowest BCUT2D eigenvalue weighted by Gasteiger charge is -2.34. The fourth-order valence-electron chi connectivity index (χ4n) is 2.66. The highest BCUT2D eigenvalue weighted by Crippen LogP contribution is 2.24. The standard InChI is InChI=1S/C14H22N2O3S/c1-16(13-4-2-3-5-14(13)17)20(18,19)11-8-12-6-9-15-10-7-12/h6-7,9-10,13-14,17H,2-5,8,11H2,1H3. The van der Waals surface area contributed by atoms with Gasteiger partial charge in [-0.05, 0) is 37.0 Å². The molecule has 1 heterocycles. The van der Waals surface area contributed by atoms with Crippen LogP contribution in [-0.2, 0) is 16.4 Å². The smallest absolute Gasteiger partial charge is 0.214 e. The molecule has 0 aliphatic heterocycles. The maximum absolute atomic E-state index is 12.3. The van der Waals surface area contributed by atoms with Gasteiger partial charge in [0.2, 0.25) is 10.0 Å². The Morgan fingerprint density at radius 1 is 1.30 bits per heavy atom. The Morgan fingerprint density at radius 3 is 2.60 bits per heavy atom. The number of nitrogens with zero attached hydrogens (tertiary/aromatic N) is 2. The van der Waals surface area contributed by atoms with Gasteiger partial charge in [-0.2, -0.15) is 4.31 Å². The summed E-state index contributed by atoms with van der Waals surface area (Å²) in [6.45, 7) is 0. The average Bonchev–Trinajstić information content (AvgIpc) is 2.46. The van der Waals surface area contributed by atoms with E-state index in [0.717, 1.165) is 24.8 Å². The first-order chi connectivity index (χ1) is 9.50. The summed E-state index contributed by atoms with van der Waals surface area (Å²) < 4.78 is 26.1. The molecule has 1 aromatic heterocycles. The molecule has 0 radical (unpaired) electrons. The number of aromatic nitrogens is 1. The van der Waals surface area contributed by atoms with Crippen LogP contribution in [0.2, 0.25) is 0 Å². The van der Waals surface area contributed by atoms with Crippen molar-refractivity contribution >= 4 is 10.0 Å². The maximum Gasteiger partial charge on any atom is 0.214 e. The summed E-state index contributed by atoms with van der Waals surface area (Å²) in [6.07, 6.45) is 6.64. The first-order valence-electron chi connectivity index (χ1n) is 7.03. The van der Waals surface area contributed by atoms with Gasteiger partial charge < -0.3 is 5.11 Å². The van der Waals surface area contributed by atoms with Crippen molar-refractivity contribution in [1.82, 2.24) is 9.29 Å². The molecule has 2 unspecified atom stereocenters. The molecule has 0 aromatic carbocycles. The van der Waals surface area contributed by atoms with Gasteiger partial charge in [-0.15, -0.1) is 0 Å². The monoisotopic (exact) mass is 298 g/mol. The van der Waals surface area contributed by atoms with E-state index in [9.17, 15) is 13.5 Å². The third kappa shape index (κ3) is 3.77. The minimum Gasteiger partial charge on any atom is -0.391 e. The largest absolute Gasteiger partial charge is 0.391 e. The minimum absolute atomic E-state index is 0.0662. The molecule has 1 N–H and O–H groups in total. The zero-order valence-electron chi connectivity index (χ0n) is 11.8. The molecule has 1 aliphatic carbocycles. The van der Waals surface area contributed by atoms with Crippen molar-refractivity contribution in [3.05, 3.63) is 30.1 Å². The summed E-state index contributed by atoms with van der Waals surface area (Å²) in [6, 6.07) is 3.38. The van der Waals surface area contributed by atoms with Crippen molar-refractivity contribution in [2.45, 2.75) is 44.2 Å². The van der Waals surface area contributed by atoms with Crippen molar-refractivity contribution in [3.63, 3.8) is 0 Å². The highest BCUT2D eigenvalue weighted by atomic mass is 32.2. The van der Waals surface area contributed by atoms with Crippen LogP contribution in [0.5, 0.6) is 0 Å². The van der Waals surface area contributed by atoms with Gasteiger partial charge in [0.1, 0.15) is 0 Å². The van der Waals surface area contributed by atoms with E-state index in [0.29, 0.717) is 12.8 Å². The van der Waals surface area contributed by atoms with Gasteiger partial charge in [0.25, 0.3) is 0 Å². The van der Waals surface area contributed by atoms with Crippen molar-refractivity contribution in [2.24, 2.45) is 0 Å². The van der Waals surface area contributed by atoms with Crippen LogP contribution in [0.1, 0.15) is 31.2 Å². The zero-order valence-corrected chi connectivity index (χ0v) is 12.6. The van der Waals surface area contributed by atoms with E-state index in [-0.39, 0.29) is 11.8 Å². The highest BCUT2D eigenvalue weighted by molar-refractivity contribution is 7.89. The first-order valence-corrected chi connectivity index (χ1v) is 8.64. The lowest BCUT2D eigenvalue weighted by molar-refractivity contribution is 0.0638. The number of likely N-dealkylation sites (N-methyl/N-ethyl adjacent to an activating group) is 1. The average molecular weight is 298 g/mol. The van der Waals surface area contributed by atoms with Crippen molar-refractivity contribution in [1.29, 1.82) is 0 Å². The second-order valence-corrected chi connectivity index (χ2v) is 7.50. The van der Waals surface area contributed by atoms with Crippen LogP contribution in [0, 0.1) is 0 Å². The van der Waals surface area contributed by atoms with Crippen LogP contribution >= 0.6 is 0 Å². The summed E-state index contributed by atoms with van der Waals surface area (Å²) in [5.41, 5.74) is 0.959. The molecule has 112 valence electrons. The molecule has 1 aromatic rings. The number of aliphatic hydroxyl groups is 1. The summed E-state index contributed by atoms with van der Waals surface area (Å²) >= 11 is 0. The number of hydrogen-bond donors (Lipinski definition) is 1. The Balaban J connectivity index is 1.98. The number of sulfonamides is 1. The third-order valence-corrected chi connectivity index (χ3v) is 5.87. The third-order valence-electron chi connectivity index (χ3n) is 4.00. The molecule has 0 saturated heterocycles. The summed E-state index contributed by atoms with van der Waals surface area (Å²) in [7, 11) is -1.75. The van der Waals surface area contributed by atoms with E-state index in [1.807, 2.05) is 12.1 Å². The first kappa shape index (κ1) is 15.4. The molecule has 5 nitrogen and oxygen atoms in total. The lowest BCUT2D eigenvalue weighted by atomic mass is 9.93. The molecule has 0 bridgehead atoms. The topological polar surface area (TPSA) is 70.5 Å². The molecular weight excluding hydrogens is 276 g/mol. The number of rotatable bonds is 5. The normalized spacial score (nSPS) is 23.9. The molecule has 1 aliphatic rings. The van der Waals surface area contributed by atoms with Crippen LogP contribution in [-0.4, -0.2) is 47.8 Å². The number of aryl methyl sites for hydroxylation is 1. The molecule has 6 heteroatoms. The van der Waals surface area contributed by atoms with Crippen LogP contribution in [0.3, 0.4) is 0 Å². The summed E-state index contributed by atoms with van der Waals surface area (Å²) in [5, 5.41) is 9.97. The molecule has 1 fully saturated rings. The molecule has 20 heavy (non-hydrogen) atoms. The second kappa shape index (κ2) is 6.65. The Hall–Kier alpha value is -0.980. The van der Waals surface area contributed by atoms with Crippen molar-refractivity contribution in [3.8, 4) is 0 Å². The number of pyridine rings is 1. The Labute approximate surface area is 120 Å². The molecule has 2 rings (SSSR count). The van der Waals surface area contributed by atoms with Gasteiger partial charge in [0.05, 0.1) is 17.9 Å². The molecule has 2 atom stereocenters. The number of aliphatic hydroxyl groups excluding tert-OH is 1. The highest BCUT2D eigenvalue weighted by Gasteiger charge is 2.32. The van der Waals surface area contributed by atoms with Crippen LogP contribution in [0.4, 0.5) is 0 Å². The molecule has 1 saturated carbocycles. The summed E-state index contributed by atoms with van der Waals surface area (Å²) in [4.78, 5) is 3.92. The van der Waals surface area contributed by atoms with Gasteiger partial charge in [-0.3, -0.25) is 4.98 Å². The van der Waals surface area contributed by atoms with E-state index >= 15 is 0 Å². The van der Waals surface area contributed by atoms with Gasteiger partial charge in [-0.25, -0.2) is 8.42 Å². The fourth-order valence-corrected chi connectivity index (χ4v) is 4.10. The Morgan fingerprint density at radius 2 is 1.95 bits per heavy atom. The predicted molar refractivity (Wildman–Crippen MR) is 77.8 cm³/mol. The molecular formula is C14H22N2O3S. The Bertz CT molecular complexity index is 518. The van der Waals surface area contributed by atoms with E-state index in [1.165, 1.54) is 4.31 Å². The van der Waals surface area contributed by atoms with Crippen LogP contribution in [0.25, 0.3) is 0 Å². The SMILES string of the molecule is CN(C1CCCCC1O)S(=O)(=O)CCc1ccncc1. The number of hydrogen-bond acceptors (Lipinski definition) is 4. The summed E-state index contributed by atoms with van der Waals surface area (Å²) in [5.74, 6) is 0.0662. The van der Waals surface area contributed by atoms with E-state index in [2.05, 4.69) is 4.98 Å². The predicted octanol–water partition coefficient (Wildman–Crippen LogP) is 1.19. The maximum atomic E-state index is 12.3. The van der Waals surface area contributed by atoms with Crippen molar-refractivity contribution in [2.75, 3.05) is 12.8 Å². The Kier molecular flexibility index (Phi) is 5.12. The second-order valence-electron chi connectivity index (χ2n) is 5.36. The lowest BCUT2D eigenvalue weighted by Crippen LogP contribution is -2.47. The van der Waals surface area contributed by atoms with Gasteiger partial charge in [0, 0.05) is 19.4 Å². The van der Waals surface area contributed by atoms with Crippen LogP contribution < -0.4 is 0 Å². The molecule has 0 spiro atoms. The zero-order chi connectivity index (χ0) is 14.6. The quantitative estimate of drug-likeness (QED) is 0.886.